The molecule has 1 heterocycles. The first-order valence-electron chi connectivity index (χ1n) is 14.9. The van der Waals surface area contributed by atoms with Crippen molar-refractivity contribution in [2.24, 2.45) is 0 Å². The van der Waals surface area contributed by atoms with Crippen LogP contribution in [-0.2, 0) is 13.6 Å². The lowest BCUT2D eigenvalue weighted by Gasteiger charge is -2.28. The van der Waals surface area contributed by atoms with Crippen LogP contribution in [0.3, 0.4) is 0 Å². The van der Waals surface area contributed by atoms with E-state index in [2.05, 4.69) is 6.92 Å². The lowest BCUT2D eigenvalue weighted by atomic mass is 9.95. The molecule has 4 aromatic carbocycles. The number of ether oxygens (including phenoxy) is 1. The fourth-order valence-corrected chi connectivity index (χ4v) is 7.44. The van der Waals surface area contributed by atoms with E-state index in [9.17, 15) is 18.5 Å². The Balaban J connectivity index is 1.55. The van der Waals surface area contributed by atoms with Crippen molar-refractivity contribution < 1.29 is 32.3 Å². The minimum Gasteiger partial charge on any atom is -0.493 e. The normalized spacial score (nSPS) is 16.7. The van der Waals surface area contributed by atoms with E-state index in [-0.39, 0.29) is 11.0 Å². The Bertz CT molecular complexity index is 1740. The quantitative estimate of drug-likeness (QED) is 0.0613. The maximum Gasteiger partial charge on any atom is 0.360 e. The van der Waals surface area contributed by atoms with Gasteiger partial charge in [-0.1, -0.05) is 73.6 Å². The van der Waals surface area contributed by atoms with E-state index in [4.69, 9.17) is 13.8 Å². The van der Waals surface area contributed by atoms with Crippen LogP contribution in [0, 0.1) is 5.82 Å². The Morgan fingerprint density at radius 3 is 2.26 bits per heavy atom. The molecule has 46 heavy (non-hydrogen) atoms. The first-order valence-corrected chi connectivity index (χ1v) is 17.3. The molecule has 1 saturated heterocycles. The molecule has 0 spiro atoms. The molecule has 0 bridgehead atoms. The van der Waals surface area contributed by atoms with Crippen LogP contribution in [0.15, 0.2) is 109 Å². The number of amides is 1. The molecule has 2 atom stereocenters. The van der Waals surface area contributed by atoms with Gasteiger partial charge in [0.15, 0.2) is 5.78 Å². The molecule has 1 aliphatic rings. The number of nitrogens with zero attached hydrogens (tertiary/aromatic N) is 1. The van der Waals surface area contributed by atoms with E-state index in [0.29, 0.717) is 23.2 Å². The van der Waals surface area contributed by atoms with Gasteiger partial charge >= 0.3 is 7.60 Å². The Labute approximate surface area is 272 Å². The predicted molar refractivity (Wildman–Crippen MR) is 182 cm³/mol. The van der Waals surface area contributed by atoms with Gasteiger partial charge in [0.2, 0.25) is 0 Å². The minimum atomic E-state index is -3.39. The summed E-state index contributed by atoms with van der Waals surface area (Å²) in [5, 5.41) is -0.130. The lowest BCUT2D eigenvalue weighted by Crippen LogP contribution is -2.29. The fraction of sp³-hybridized carbons (Fsp3) is 0.222. The number of ketones is 1. The van der Waals surface area contributed by atoms with Crippen LogP contribution in [0.25, 0.3) is 11.1 Å². The monoisotopic (exact) mass is 659 g/mol. The Kier molecular flexibility index (Phi) is 10.9. The van der Waals surface area contributed by atoms with Crippen molar-refractivity contribution in [1.82, 2.24) is 0 Å². The van der Waals surface area contributed by atoms with Crippen LogP contribution in [0.5, 0.6) is 5.75 Å². The number of hydrogen-bond donors (Lipinski definition) is 0. The molecule has 4 aromatic rings. The molecule has 0 aromatic heterocycles. The van der Waals surface area contributed by atoms with E-state index in [0.717, 1.165) is 47.0 Å². The summed E-state index contributed by atoms with van der Waals surface area (Å²) < 4.78 is 42.9. The Hall–Kier alpha value is -4.01. The SMILES string of the molecule is CCCCOc1cc(-c2ccc(P(=O)(OC)OC)cc2)ccc1[C@@H]1[C@@H](/C=C/C(=O)c2ccc(F)cc2)SC(=O)N1c1ccccc1. The molecule has 7 nitrogen and oxygen atoms in total. The Morgan fingerprint density at radius 1 is 0.935 bits per heavy atom. The summed E-state index contributed by atoms with van der Waals surface area (Å²) in [6.45, 7) is 2.57. The van der Waals surface area contributed by atoms with Gasteiger partial charge in [0, 0.05) is 31.0 Å². The third-order valence-electron chi connectivity index (χ3n) is 7.71. The molecule has 0 N–H and O–H groups in total. The molecular formula is C36H35FNO6PS. The van der Waals surface area contributed by atoms with Gasteiger partial charge in [0.25, 0.3) is 5.24 Å². The smallest absolute Gasteiger partial charge is 0.360 e. The molecule has 0 aliphatic carbocycles. The van der Waals surface area contributed by atoms with Crippen molar-refractivity contribution in [3.05, 3.63) is 126 Å². The summed E-state index contributed by atoms with van der Waals surface area (Å²) in [5.74, 6) is -0.0791. The fourth-order valence-electron chi connectivity index (χ4n) is 5.24. The van der Waals surface area contributed by atoms with Crippen molar-refractivity contribution in [3.63, 3.8) is 0 Å². The third-order valence-corrected chi connectivity index (χ3v) is 10.7. The topological polar surface area (TPSA) is 82.1 Å². The van der Waals surface area contributed by atoms with Crippen LogP contribution in [0.4, 0.5) is 14.9 Å². The summed E-state index contributed by atoms with van der Waals surface area (Å²) in [7, 11) is -0.692. The zero-order valence-corrected chi connectivity index (χ0v) is 27.5. The zero-order chi connectivity index (χ0) is 32.7. The van der Waals surface area contributed by atoms with Crippen LogP contribution >= 0.6 is 19.4 Å². The van der Waals surface area contributed by atoms with Crippen LogP contribution in [-0.4, -0.2) is 37.1 Å². The van der Waals surface area contributed by atoms with Crippen molar-refractivity contribution in [2.75, 3.05) is 25.7 Å². The average molecular weight is 660 g/mol. The molecule has 1 fully saturated rings. The van der Waals surface area contributed by atoms with Crippen molar-refractivity contribution in [2.45, 2.75) is 31.1 Å². The number of carbonyl (C=O) groups excluding carboxylic acids is 2. The highest BCUT2D eigenvalue weighted by Gasteiger charge is 2.43. The molecule has 1 aliphatic heterocycles. The van der Waals surface area contributed by atoms with Gasteiger partial charge in [-0.2, -0.15) is 0 Å². The van der Waals surface area contributed by atoms with E-state index in [1.165, 1.54) is 44.6 Å². The van der Waals surface area contributed by atoms with Crippen molar-refractivity contribution in [1.29, 1.82) is 0 Å². The van der Waals surface area contributed by atoms with Gasteiger partial charge in [-0.15, -0.1) is 0 Å². The largest absolute Gasteiger partial charge is 0.493 e. The van der Waals surface area contributed by atoms with Crippen molar-refractivity contribution >= 4 is 41.4 Å². The Morgan fingerprint density at radius 2 is 1.61 bits per heavy atom. The molecule has 5 rings (SSSR count). The first-order chi connectivity index (χ1) is 22.3. The number of para-hydroxylation sites is 1. The number of unbranched alkanes of at least 4 members (excludes halogenated alkanes) is 1. The summed E-state index contributed by atoms with van der Waals surface area (Å²) in [5.41, 5.74) is 3.62. The van der Waals surface area contributed by atoms with Gasteiger partial charge in [0.1, 0.15) is 11.6 Å². The summed E-state index contributed by atoms with van der Waals surface area (Å²) in [4.78, 5) is 28.3. The molecule has 0 saturated carbocycles. The average Bonchev–Trinajstić information content (AvgIpc) is 3.42. The standard InChI is InChI=1S/C36H35FNO6PS/c1-4-5-23-44-33-24-27(25-13-18-30(19-14-25)45(41,42-2)43-3)15-20-31(33)35-34(22-21-32(39)26-11-16-28(37)17-12-26)46-36(40)38(35)29-9-7-6-8-10-29/h6-22,24,34-35H,4-5,23H2,1-3H3/b22-21+/t34-,35-/m1/s1. The van der Waals surface area contributed by atoms with Gasteiger partial charge in [-0.3, -0.25) is 19.1 Å². The predicted octanol–water partition coefficient (Wildman–Crippen LogP) is 9.01. The second-order valence-electron chi connectivity index (χ2n) is 10.6. The van der Waals surface area contributed by atoms with Crippen molar-refractivity contribution in [3.8, 4) is 16.9 Å². The molecule has 0 radical (unpaired) electrons. The zero-order valence-electron chi connectivity index (χ0n) is 25.8. The van der Waals surface area contributed by atoms with Crippen LogP contribution < -0.4 is 14.9 Å². The second-order valence-corrected chi connectivity index (χ2v) is 14.0. The summed E-state index contributed by atoms with van der Waals surface area (Å²) in [6.07, 6.45) is 4.98. The first kappa shape index (κ1) is 33.4. The van der Waals surface area contributed by atoms with E-state index < -0.39 is 24.7 Å². The van der Waals surface area contributed by atoms with Gasteiger partial charge in [-0.25, -0.2) is 4.39 Å². The van der Waals surface area contributed by atoms with Crippen LogP contribution in [0.2, 0.25) is 0 Å². The third kappa shape index (κ3) is 7.34. The highest BCUT2D eigenvalue weighted by Crippen LogP contribution is 2.48. The molecule has 10 heteroatoms. The molecule has 0 unspecified atom stereocenters. The number of thioether (sulfide) groups is 1. The van der Waals surface area contributed by atoms with Crippen LogP contribution in [0.1, 0.15) is 41.7 Å². The minimum absolute atomic E-state index is 0.153. The number of rotatable bonds is 13. The number of allylic oxidation sites excluding steroid dienone is 1. The maximum absolute atomic E-state index is 13.6. The molecule has 1 amide bonds. The highest BCUT2D eigenvalue weighted by atomic mass is 32.2. The van der Waals surface area contributed by atoms with Gasteiger partial charge in [0.05, 0.1) is 23.2 Å². The van der Waals surface area contributed by atoms with Gasteiger partial charge in [-0.05, 0) is 78.2 Å². The molecular weight excluding hydrogens is 624 g/mol. The van der Waals surface area contributed by atoms with Gasteiger partial charge < -0.3 is 13.8 Å². The number of hydrogen-bond acceptors (Lipinski definition) is 7. The van der Waals surface area contributed by atoms with E-state index in [1.807, 2.05) is 60.7 Å². The second kappa shape index (κ2) is 15.1. The van der Waals surface area contributed by atoms with E-state index in [1.54, 1.807) is 23.1 Å². The molecule has 238 valence electrons. The summed E-state index contributed by atoms with van der Waals surface area (Å²) >= 11 is 1.14. The highest BCUT2D eigenvalue weighted by molar-refractivity contribution is 8.15. The number of carbonyl (C=O) groups is 2. The maximum atomic E-state index is 13.6. The number of benzene rings is 4. The summed E-state index contributed by atoms with van der Waals surface area (Å²) in [6, 6.07) is 27.3. The number of anilines is 1. The lowest BCUT2D eigenvalue weighted by molar-refractivity contribution is 0.104. The number of halogens is 1. The van der Waals surface area contributed by atoms with E-state index >= 15 is 0 Å².